The molecular weight excluding hydrogens is 400 g/mol. The maximum Gasteiger partial charge on any atom is 0.679 e. The molecule has 0 aliphatic heterocycles. The third-order valence-corrected chi connectivity index (χ3v) is 6.96. The van der Waals surface area contributed by atoms with Crippen molar-refractivity contribution >= 4 is 15.1 Å². The fourth-order valence-electron chi connectivity index (χ4n) is 2.91. The number of hydrogen-bond acceptors (Lipinski definition) is 5. The average molecular weight is 449 g/mol. The highest BCUT2D eigenvalue weighted by molar-refractivity contribution is 6.53. The van der Waals surface area contributed by atoms with Crippen LogP contribution < -0.4 is 11.1 Å². The van der Waals surface area contributed by atoms with Gasteiger partial charge in [0.25, 0.3) is 0 Å². The van der Waals surface area contributed by atoms with E-state index in [0.29, 0.717) is 39.4 Å². The van der Waals surface area contributed by atoms with E-state index >= 15 is 0 Å². The SMILES string of the molecule is CCCCCCO[Si](OCCCCCC)(OCCCCCC)OCCCNC(N)=O. The van der Waals surface area contributed by atoms with Crippen LogP contribution in [0.5, 0.6) is 0 Å². The van der Waals surface area contributed by atoms with Crippen molar-refractivity contribution in [1.82, 2.24) is 5.32 Å². The molecule has 0 aromatic rings. The number of nitrogens with one attached hydrogen (secondary N) is 1. The Kier molecular flexibility index (Phi) is 21.1. The number of amides is 2. The average Bonchev–Trinajstić information content (AvgIpc) is 2.72. The molecule has 0 unspecified atom stereocenters. The summed E-state index contributed by atoms with van der Waals surface area (Å²) in [5.74, 6) is 0. The number of hydrogen-bond donors (Lipinski definition) is 2. The summed E-state index contributed by atoms with van der Waals surface area (Å²) in [6.45, 7) is 9.24. The second kappa shape index (κ2) is 21.6. The standard InChI is InChI=1S/C22H48N2O5Si/c1-4-7-10-13-18-26-30(27-19-14-11-8-5-2,28-20-15-12-9-6-3)29-21-16-17-24-22(23)25/h4-21H2,1-3H3,(H3,23,24,25). The number of carbonyl (C=O) groups excluding carboxylic acids is 1. The molecule has 0 saturated carbocycles. The molecule has 2 amide bonds. The van der Waals surface area contributed by atoms with Crippen molar-refractivity contribution in [2.75, 3.05) is 33.0 Å². The van der Waals surface area contributed by atoms with E-state index in [1.165, 1.54) is 38.5 Å². The number of primary amides is 1. The molecule has 0 bridgehead atoms. The number of nitrogens with two attached hydrogens (primary N) is 1. The molecule has 0 saturated heterocycles. The Hall–Kier alpha value is -0.673. The number of unbranched alkanes of at least 4 members (excludes halogenated alkanes) is 9. The lowest BCUT2D eigenvalue weighted by Gasteiger charge is -2.28. The van der Waals surface area contributed by atoms with E-state index in [0.717, 1.165) is 38.5 Å². The van der Waals surface area contributed by atoms with Gasteiger partial charge in [-0.3, -0.25) is 0 Å². The van der Waals surface area contributed by atoms with Crippen LogP contribution in [-0.2, 0) is 17.7 Å². The highest BCUT2D eigenvalue weighted by atomic mass is 28.4. The number of carbonyl (C=O) groups is 1. The molecule has 8 heteroatoms. The van der Waals surface area contributed by atoms with Gasteiger partial charge < -0.3 is 28.8 Å². The summed E-state index contributed by atoms with van der Waals surface area (Å²) in [6.07, 6.45) is 14.1. The Balaban J connectivity index is 4.75. The molecule has 0 spiro atoms. The summed E-state index contributed by atoms with van der Waals surface area (Å²) in [4.78, 5) is 10.8. The van der Waals surface area contributed by atoms with Gasteiger partial charge in [-0.15, -0.1) is 0 Å². The first-order valence-electron chi connectivity index (χ1n) is 12.2. The van der Waals surface area contributed by atoms with E-state index in [1.54, 1.807) is 0 Å². The fourth-order valence-corrected chi connectivity index (χ4v) is 4.99. The van der Waals surface area contributed by atoms with Gasteiger partial charge in [-0.2, -0.15) is 0 Å². The zero-order valence-electron chi connectivity index (χ0n) is 19.8. The van der Waals surface area contributed by atoms with Crippen LogP contribution >= 0.6 is 0 Å². The van der Waals surface area contributed by atoms with Crippen LogP contribution in [-0.4, -0.2) is 48.1 Å². The highest BCUT2D eigenvalue weighted by Gasteiger charge is 2.45. The Morgan fingerprint density at radius 1 is 0.633 bits per heavy atom. The lowest BCUT2D eigenvalue weighted by molar-refractivity contribution is -0.0371. The monoisotopic (exact) mass is 448 g/mol. The first kappa shape index (κ1) is 29.3. The minimum atomic E-state index is -3.20. The molecule has 0 aliphatic rings. The molecule has 0 aliphatic carbocycles. The zero-order valence-corrected chi connectivity index (χ0v) is 20.8. The van der Waals surface area contributed by atoms with Crippen LogP contribution in [0.1, 0.15) is 104 Å². The summed E-state index contributed by atoms with van der Waals surface area (Å²) < 4.78 is 24.6. The second-order valence-corrected chi connectivity index (χ2v) is 9.88. The van der Waals surface area contributed by atoms with E-state index < -0.39 is 15.1 Å². The Morgan fingerprint density at radius 3 is 1.33 bits per heavy atom. The third-order valence-electron chi connectivity index (χ3n) is 4.73. The van der Waals surface area contributed by atoms with Crippen LogP contribution in [0.15, 0.2) is 0 Å². The van der Waals surface area contributed by atoms with E-state index in [4.69, 9.17) is 23.4 Å². The van der Waals surface area contributed by atoms with E-state index in [-0.39, 0.29) is 0 Å². The van der Waals surface area contributed by atoms with Crippen molar-refractivity contribution in [3.05, 3.63) is 0 Å². The van der Waals surface area contributed by atoms with Crippen molar-refractivity contribution < 1.29 is 22.5 Å². The van der Waals surface area contributed by atoms with Crippen molar-refractivity contribution in [2.45, 2.75) is 104 Å². The molecule has 180 valence electrons. The molecule has 0 aromatic heterocycles. The van der Waals surface area contributed by atoms with Gasteiger partial charge in [0.15, 0.2) is 0 Å². The van der Waals surface area contributed by atoms with Gasteiger partial charge in [0.1, 0.15) is 0 Å². The molecular formula is C22H48N2O5Si. The Labute approximate surface area is 186 Å². The molecule has 0 heterocycles. The summed E-state index contributed by atoms with van der Waals surface area (Å²) in [5, 5.41) is 2.58. The van der Waals surface area contributed by atoms with Gasteiger partial charge in [0.05, 0.1) is 0 Å². The Morgan fingerprint density at radius 2 is 1.00 bits per heavy atom. The predicted molar refractivity (Wildman–Crippen MR) is 124 cm³/mol. The minimum absolute atomic E-state index is 0.408. The van der Waals surface area contributed by atoms with Gasteiger partial charge in [0, 0.05) is 33.0 Å². The molecule has 3 N–H and O–H groups in total. The van der Waals surface area contributed by atoms with E-state index in [1.807, 2.05) is 0 Å². The Bertz CT molecular complexity index is 353. The molecule has 30 heavy (non-hydrogen) atoms. The van der Waals surface area contributed by atoms with E-state index in [2.05, 4.69) is 26.1 Å². The largest absolute Gasteiger partial charge is 0.679 e. The van der Waals surface area contributed by atoms with Gasteiger partial charge >= 0.3 is 15.1 Å². The first-order chi connectivity index (χ1) is 14.6. The molecule has 0 rings (SSSR count). The quantitative estimate of drug-likeness (QED) is 0.164. The third kappa shape index (κ3) is 18.1. The molecule has 0 aromatic carbocycles. The fraction of sp³-hybridized carbons (Fsp3) is 0.955. The smallest absolute Gasteiger partial charge is 0.352 e. The summed E-state index contributed by atoms with van der Waals surface area (Å²) in [7, 11) is -3.20. The summed E-state index contributed by atoms with van der Waals surface area (Å²) in [6, 6.07) is -0.523. The van der Waals surface area contributed by atoms with Crippen LogP contribution in [0, 0.1) is 0 Å². The maximum atomic E-state index is 10.8. The lowest BCUT2D eigenvalue weighted by Crippen LogP contribution is -2.50. The van der Waals surface area contributed by atoms with Crippen molar-refractivity contribution in [1.29, 1.82) is 0 Å². The molecule has 0 atom stereocenters. The van der Waals surface area contributed by atoms with E-state index in [9.17, 15) is 4.79 Å². The maximum absolute atomic E-state index is 10.8. The minimum Gasteiger partial charge on any atom is -0.352 e. The number of urea groups is 1. The van der Waals surface area contributed by atoms with Gasteiger partial charge in [-0.05, 0) is 25.7 Å². The van der Waals surface area contributed by atoms with Crippen molar-refractivity contribution in [2.24, 2.45) is 5.73 Å². The summed E-state index contributed by atoms with van der Waals surface area (Å²) >= 11 is 0. The van der Waals surface area contributed by atoms with Gasteiger partial charge in [-0.25, -0.2) is 4.79 Å². The second-order valence-electron chi connectivity index (χ2n) is 7.72. The van der Waals surface area contributed by atoms with Gasteiger partial charge in [-0.1, -0.05) is 78.6 Å². The van der Waals surface area contributed by atoms with Crippen LogP contribution in [0.3, 0.4) is 0 Å². The van der Waals surface area contributed by atoms with Crippen molar-refractivity contribution in [3.8, 4) is 0 Å². The van der Waals surface area contributed by atoms with Gasteiger partial charge in [0.2, 0.25) is 0 Å². The summed E-state index contributed by atoms with van der Waals surface area (Å²) in [5.41, 5.74) is 5.12. The normalized spacial score (nSPS) is 11.7. The lowest BCUT2D eigenvalue weighted by atomic mass is 10.2. The zero-order chi connectivity index (χ0) is 22.3. The first-order valence-corrected chi connectivity index (χ1v) is 13.8. The molecule has 0 fully saturated rings. The number of rotatable bonds is 23. The molecule has 0 radical (unpaired) electrons. The van der Waals surface area contributed by atoms with Crippen molar-refractivity contribution in [3.63, 3.8) is 0 Å². The van der Waals surface area contributed by atoms with Crippen LogP contribution in [0.25, 0.3) is 0 Å². The van der Waals surface area contributed by atoms with Crippen LogP contribution in [0.2, 0.25) is 0 Å². The topological polar surface area (TPSA) is 92.0 Å². The highest BCUT2D eigenvalue weighted by Crippen LogP contribution is 2.17. The molecule has 7 nitrogen and oxygen atoms in total. The van der Waals surface area contributed by atoms with Crippen LogP contribution in [0.4, 0.5) is 4.79 Å². The predicted octanol–water partition coefficient (Wildman–Crippen LogP) is 5.29.